The van der Waals surface area contributed by atoms with Gasteiger partial charge in [0.2, 0.25) is 0 Å². The second kappa shape index (κ2) is 10.9. The molecule has 204 valence electrons. The van der Waals surface area contributed by atoms with E-state index in [9.17, 15) is 27.6 Å². The van der Waals surface area contributed by atoms with Gasteiger partial charge in [0.1, 0.15) is 11.4 Å². The summed E-state index contributed by atoms with van der Waals surface area (Å²) in [7, 11) is 1.45. The van der Waals surface area contributed by atoms with Gasteiger partial charge in [0.05, 0.1) is 0 Å². The normalized spacial score (nSPS) is 13.1. The molecule has 3 heterocycles. The average molecular weight is 550 g/mol. The molecule has 0 fully saturated rings. The Kier molecular flexibility index (Phi) is 7.23. The number of nitrogens with zero attached hydrogens (tertiary/aromatic N) is 2. The Balaban J connectivity index is 1.22. The third kappa shape index (κ3) is 5.37. The van der Waals surface area contributed by atoms with Gasteiger partial charge in [0, 0.05) is 72.9 Å². The predicted octanol–water partition coefficient (Wildman–Crippen LogP) is 4.39. The summed E-state index contributed by atoms with van der Waals surface area (Å²) in [4.78, 5) is 45.2. The fraction of sp³-hybridized carbons (Fsp3) is 0.143. The van der Waals surface area contributed by atoms with E-state index in [1.54, 1.807) is 12.3 Å². The largest absolute Gasteiger partial charge is 0.454 e. The number of benzene rings is 2. The summed E-state index contributed by atoms with van der Waals surface area (Å²) in [6, 6.07) is 8.67. The second-order valence-corrected chi connectivity index (χ2v) is 8.90. The molecule has 0 atom stereocenters. The summed E-state index contributed by atoms with van der Waals surface area (Å²) < 4.78 is 47.5. The van der Waals surface area contributed by atoms with Crippen molar-refractivity contribution in [2.75, 3.05) is 25.5 Å². The molecule has 0 saturated carbocycles. The summed E-state index contributed by atoms with van der Waals surface area (Å²) in [6.07, 6.45) is 5.14. The summed E-state index contributed by atoms with van der Waals surface area (Å²) in [5.74, 6) is -4.87. The maximum absolute atomic E-state index is 14.7. The lowest BCUT2D eigenvalue weighted by Gasteiger charge is -2.26. The van der Waals surface area contributed by atoms with Crippen LogP contribution in [0, 0.1) is 17.5 Å². The topological polar surface area (TPSA) is 116 Å². The van der Waals surface area contributed by atoms with Gasteiger partial charge in [-0.05, 0) is 36.3 Å². The zero-order chi connectivity index (χ0) is 28.4. The number of fused-ring (bicyclic) bond motifs is 1. The van der Waals surface area contributed by atoms with Crippen molar-refractivity contribution in [3.8, 4) is 11.5 Å². The molecule has 4 aromatic rings. The van der Waals surface area contributed by atoms with E-state index >= 15 is 0 Å². The van der Waals surface area contributed by atoms with E-state index in [4.69, 9.17) is 4.74 Å². The van der Waals surface area contributed by atoms with Crippen LogP contribution >= 0.6 is 0 Å². The van der Waals surface area contributed by atoms with Crippen LogP contribution in [0.5, 0.6) is 11.5 Å². The van der Waals surface area contributed by atoms with Gasteiger partial charge in [0.25, 0.3) is 5.91 Å². The van der Waals surface area contributed by atoms with Gasteiger partial charge >= 0.3 is 11.8 Å². The molecule has 3 N–H and O–H groups in total. The van der Waals surface area contributed by atoms with Crippen molar-refractivity contribution in [1.29, 1.82) is 0 Å². The number of anilines is 1. The first-order chi connectivity index (χ1) is 19.2. The van der Waals surface area contributed by atoms with Crippen molar-refractivity contribution < 1.29 is 32.3 Å². The number of rotatable bonds is 5. The molecule has 2 aromatic heterocycles. The quantitative estimate of drug-likeness (QED) is 0.320. The molecule has 40 heavy (non-hydrogen) atoms. The summed E-state index contributed by atoms with van der Waals surface area (Å²) in [6.45, 7) is 0.350. The number of ether oxygens (including phenoxy) is 1. The second-order valence-electron chi connectivity index (χ2n) is 8.90. The summed E-state index contributed by atoms with van der Waals surface area (Å²) >= 11 is 0. The molecule has 3 amide bonds. The number of nitrogens with one attached hydrogen (secondary N) is 3. The van der Waals surface area contributed by atoms with Crippen LogP contribution < -0.4 is 15.4 Å². The lowest BCUT2D eigenvalue weighted by molar-refractivity contribution is -0.142. The van der Waals surface area contributed by atoms with Gasteiger partial charge in [0.15, 0.2) is 23.2 Å². The van der Waals surface area contributed by atoms with Crippen LogP contribution in [0.15, 0.2) is 60.9 Å². The Labute approximate surface area is 225 Å². The number of halogens is 3. The lowest BCUT2D eigenvalue weighted by atomic mass is 9.98. The highest BCUT2D eigenvalue weighted by Crippen LogP contribution is 2.31. The number of amides is 3. The van der Waals surface area contributed by atoms with Gasteiger partial charge in [-0.3, -0.25) is 19.4 Å². The molecule has 0 radical (unpaired) electrons. The number of aromatic nitrogens is 2. The Morgan fingerprint density at radius 1 is 1.02 bits per heavy atom. The molecule has 0 spiro atoms. The fourth-order valence-corrected chi connectivity index (χ4v) is 4.32. The highest BCUT2D eigenvalue weighted by Gasteiger charge is 2.25. The maximum atomic E-state index is 14.7. The molecule has 0 unspecified atom stereocenters. The number of H-pyrrole nitrogens is 1. The van der Waals surface area contributed by atoms with E-state index in [0.29, 0.717) is 22.9 Å². The first-order valence-electron chi connectivity index (χ1n) is 12.1. The van der Waals surface area contributed by atoms with Gasteiger partial charge in [-0.1, -0.05) is 6.08 Å². The Morgan fingerprint density at radius 3 is 2.55 bits per heavy atom. The van der Waals surface area contributed by atoms with Crippen LogP contribution in [0.1, 0.15) is 22.5 Å². The van der Waals surface area contributed by atoms with E-state index in [1.807, 2.05) is 0 Å². The number of carbonyl (C=O) groups excluding carboxylic acids is 3. The van der Waals surface area contributed by atoms with Crippen LogP contribution in [-0.4, -0.2) is 52.7 Å². The molecule has 12 heteroatoms. The highest BCUT2D eigenvalue weighted by atomic mass is 19.2. The van der Waals surface area contributed by atoms with Crippen molar-refractivity contribution in [2.24, 2.45) is 0 Å². The fourth-order valence-electron chi connectivity index (χ4n) is 4.32. The predicted molar refractivity (Wildman–Crippen MR) is 140 cm³/mol. The van der Waals surface area contributed by atoms with E-state index in [1.165, 1.54) is 42.4 Å². The molecule has 5 rings (SSSR count). The average Bonchev–Trinajstić information content (AvgIpc) is 3.36. The van der Waals surface area contributed by atoms with Crippen LogP contribution in [0.3, 0.4) is 0 Å². The minimum atomic E-state index is -0.957. The van der Waals surface area contributed by atoms with Crippen molar-refractivity contribution in [2.45, 2.75) is 6.42 Å². The van der Waals surface area contributed by atoms with Gasteiger partial charge in [-0.15, -0.1) is 0 Å². The third-order valence-corrected chi connectivity index (χ3v) is 6.37. The number of aromatic amines is 1. The SMILES string of the molecule is CNC(=O)c1cc(Oc2ccc(NC(=O)C(=O)N3CC=C(c4c[nH]c5cc(F)c(F)cc45)CC3)cc2F)ccn1. The molecule has 0 saturated heterocycles. The van der Waals surface area contributed by atoms with Crippen molar-refractivity contribution >= 4 is 39.9 Å². The Bertz CT molecular complexity index is 1680. The highest BCUT2D eigenvalue weighted by molar-refractivity contribution is 6.39. The van der Waals surface area contributed by atoms with Crippen LogP contribution in [0.25, 0.3) is 16.5 Å². The smallest absolute Gasteiger partial charge is 0.313 e. The molecule has 1 aliphatic heterocycles. The van der Waals surface area contributed by atoms with E-state index in [0.717, 1.165) is 23.8 Å². The van der Waals surface area contributed by atoms with Crippen LogP contribution in [0.2, 0.25) is 0 Å². The number of hydrogen-bond donors (Lipinski definition) is 3. The molecular weight excluding hydrogens is 527 g/mol. The van der Waals surface area contributed by atoms with Gasteiger partial charge < -0.3 is 25.3 Å². The van der Waals surface area contributed by atoms with Gasteiger partial charge in [-0.2, -0.15) is 0 Å². The third-order valence-electron chi connectivity index (χ3n) is 6.37. The van der Waals surface area contributed by atoms with Crippen molar-refractivity contribution in [3.63, 3.8) is 0 Å². The lowest BCUT2D eigenvalue weighted by Crippen LogP contribution is -2.41. The Morgan fingerprint density at radius 2 is 1.82 bits per heavy atom. The summed E-state index contributed by atoms with van der Waals surface area (Å²) in [5.41, 5.74) is 2.11. The minimum Gasteiger partial charge on any atom is -0.454 e. The monoisotopic (exact) mass is 549 g/mol. The van der Waals surface area contributed by atoms with Gasteiger partial charge in [-0.25, -0.2) is 13.2 Å². The van der Waals surface area contributed by atoms with Crippen molar-refractivity contribution in [3.05, 3.63) is 89.6 Å². The standard InChI is InChI=1S/C28H22F3N5O4/c1-32-26(37)24-11-17(4-7-33-24)40-25-3-2-16(10-22(25)31)35-27(38)28(39)36-8-5-15(6-9-36)19-14-34-23-13-21(30)20(29)12-18(19)23/h2-5,7,10-14,34H,6,8-9H2,1H3,(H,32,37)(H,35,38). The molecule has 1 aliphatic rings. The number of carbonyl (C=O) groups is 3. The zero-order valence-corrected chi connectivity index (χ0v) is 21.1. The molecule has 9 nitrogen and oxygen atoms in total. The van der Waals surface area contributed by atoms with E-state index in [-0.39, 0.29) is 36.0 Å². The number of pyridine rings is 1. The zero-order valence-electron chi connectivity index (χ0n) is 21.1. The molecular formula is C28H22F3N5O4. The molecule has 2 aromatic carbocycles. The number of hydrogen-bond acceptors (Lipinski definition) is 5. The van der Waals surface area contributed by atoms with Crippen LogP contribution in [0.4, 0.5) is 18.9 Å². The van der Waals surface area contributed by atoms with E-state index < -0.39 is 35.2 Å². The summed E-state index contributed by atoms with van der Waals surface area (Å²) in [5, 5.41) is 5.34. The Hall–Kier alpha value is -5.13. The first-order valence-corrected chi connectivity index (χ1v) is 12.1. The first kappa shape index (κ1) is 26.5. The maximum Gasteiger partial charge on any atom is 0.313 e. The molecule has 0 aliphatic carbocycles. The van der Waals surface area contributed by atoms with E-state index in [2.05, 4.69) is 20.6 Å². The van der Waals surface area contributed by atoms with Crippen molar-refractivity contribution in [1.82, 2.24) is 20.2 Å². The van der Waals surface area contributed by atoms with Crippen LogP contribution in [-0.2, 0) is 9.59 Å². The minimum absolute atomic E-state index is 0.0465. The molecule has 0 bridgehead atoms.